The van der Waals surface area contributed by atoms with E-state index >= 15 is 0 Å². The second-order valence-electron chi connectivity index (χ2n) is 14.1. The minimum Gasteiger partial charge on any atom is -0.452 e. The second kappa shape index (κ2) is 36.6. The Labute approximate surface area is 297 Å². The van der Waals surface area contributed by atoms with Crippen molar-refractivity contribution in [2.45, 2.75) is 225 Å². The third-order valence-electron chi connectivity index (χ3n) is 9.33. The number of rotatable bonds is 36. The molecule has 0 heterocycles. The summed E-state index contributed by atoms with van der Waals surface area (Å²) in [6.45, 7) is 5.42. The van der Waals surface area contributed by atoms with E-state index in [0.29, 0.717) is 6.42 Å². The zero-order valence-electron chi connectivity index (χ0n) is 31.9. The first kappa shape index (κ1) is 46.3. The third-order valence-corrected chi connectivity index (χ3v) is 9.33. The maximum absolute atomic E-state index is 12.9. The van der Waals surface area contributed by atoms with Crippen molar-refractivity contribution in [3.05, 3.63) is 24.3 Å². The molecule has 282 valence electrons. The van der Waals surface area contributed by atoms with Crippen LogP contribution in [0.25, 0.3) is 0 Å². The first-order valence-electron chi connectivity index (χ1n) is 20.5. The normalized spacial score (nSPS) is 13.7. The maximum Gasteiger partial charge on any atom is 0.303 e. The highest BCUT2D eigenvalue weighted by Gasteiger charge is 2.26. The van der Waals surface area contributed by atoms with Gasteiger partial charge in [-0.2, -0.15) is 0 Å². The monoisotopic (exact) mass is 678 g/mol. The van der Waals surface area contributed by atoms with Crippen LogP contribution >= 0.6 is 0 Å². The van der Waals surface area contributed by atoms with E-state index in [1.54, 1.807) is 6.08 Å². The van der Waals surface area contributed by atoms with E-state index in [0.717, 1.165) is 38.5 Å². The van der Waals surface area contributed by atoms with Gasteiger partial charge in [-0.25, -0.2) is 0 Å². The van der Waals surface area contributed by atoms with E-state index in [-0.39, 0.29) is 0 Å². The van der Waals surface area contributed by atoms with Gasteiger partial charge in [0, 0.05) is 6.92 Å². The zero-order valence-corrected chi connectivity index (χ0v) is 31.9. The molecule has 0 aromatic carbocycles. The highest BCUT2D eigenvalue weighted by Crippen LogP contribution is 2.16. The third kappa shape index (κ3) is 31.6. The molecule has 0 aliphatic carbocycles. The molecule has 0 aliphatic heterocycles. The van der Waals surface area contributed by atoms with Crippen LogP contribution in [-0.2, 0) is 14.3 Å². The Kier molecular flexibility index (Phi) is 35.3. The molecule has 0 fully saturated rings. The zero-order chi connectivity index (χ0) is 35.3. The number of aliphatic hydroxyl groups excluding tert-OH is 2. The molecule has 48 heavy (non-hydrogen) atoms. The molecule has 0 rings (SSSR count). The van der Waals surface area contributed by atoms with Crippen molar-refractivity contribution in [3.8, 4) is 0 Å². The average molecular weight is 678 g/mol. The molecule has 0 saturated heterocycles. The number of ether oxygens (including phenoxy) is 1. The summed E-state index contributed by atoms with van der Waals surface area (Å²) in [4.78, 5) is 24.6. The van der Waals surface area contributed by atoms with Crippen molar-refractivity contribution in [3.63, 3.8) is 0 Å². The van der Waals surface area contributed by atoms with Crippen molar-refractivity contribution >= 4 is 11.9 Å². The number of unbranched alkanes of at least 4 members (excludes halogenated alkanes) is 25. The van der Waals surface area contributed by atoms with Crippen LogP contribution in [0.4, 0.5) is 0 Å². The summed E-state index contributed by atoms with van der Waals surface area (Å²) < 4.78 is 5.31. The number of amides is 1. The molecule has 0 aromatic rings. The molecule has 3 atom stereocenters. The van der Waals surface area contributed by atoms with Crippen LogP contribution in [0.15, 0.2) is 24.3 Å². The molecule has 0 bridgehead atoms. The smallest absolute Gasteiger partial charge is 0.303 e. The number of nitrogens with one attached hydrogen (secondary N) is 1. The molecule has 6 nitrogen and oxygen atoms in total. The first-order valence-corrected chi connectivity index (χ1v) is 20.5. The van der Waals surface area contributed by atoms with Gasteiger partial charge in [-0.1, -0.05) is 186 Å². The number of esters is 1. The van der Waals surface area contributed by atoms with E-state index in [2.05, 4.69) is 31.3 Å². The largest absolute Gasteiger partial charge is 0.452 e. The lowest BCUT2D eigenvalue weighted by Crippen LogP contribution is -2.49. The summed E-state index contributed by atoms with van der Waals surface area (Å²) >= 11 is 0. The summed E-state index contributed by atoms with van der Waals surface area (Å²) in [6.07, 6.45) is 41.8. The van der Waals surface area contributed by atoms with E-state index in [1.807, 2.05) is 6.08 Å². The van der Waals surface area contributed by atoms with Gasteiger partial charge in [-0.05, 0) is 38.5 Å². The molecular weight excluding hydrogens is 598 g/mol. The number of hydrogen-bond donors (Lipinski definition) is 3. The lowest BCUT2D eigenvalue weighted by molar-refractivity contribution is -0.155. The summed E-state index contributed by atoms with van der Waals surface area (Å²) in [5.41, 5.74) is 0. The standard InChI is InChI=1S/C42H79NO5/c1-4-6-8-10-12-14-16-18-19-20-21-22-24-26-28-30-32-34-36-41(48-38(3)45)42(47)43-39(37-44)40(46)35-33-31-29-27-25-23-17-15-13-11-9-7-5-2/h25,27,33,35,39-41,44,46H,4-24,26,28-32,34,36-37H2,1-3H3,(H,43,47)/b27-25+,35-33+/t39-,40+,41+/m0/s1. The summed E-state index contributed by atoms with van der Waals surface area (Å²) in [5, 5.41) is 23.1. The SMILES string of the molecule is CCCCCCCCC/C=C/CC/C=C/[C@@H](O)[C@H](CO)NC(=O)[C@@H](CCCCCCCCCCCCCCCCCCCC)OC(C)=O. The van der Waals surface area contributed by atoms with Crippen molar-refractivity contribution in [1.82, 2.24) is 5.32 Å². The molecule has 0 saturated carbocycles. The van der Waals surface area contributed by atoms with Crippen LogP contribution in [-0.4, -0.2) is 46.9 Å². The number of carbonyl (C=O) groups is 2. The maximum atomic E-state index is 12.9. The van der Waals surface area contributed by atoms with E-state index in [9.17, 15) is 19.8 Å². The van der Waals surface area contributed by atoms with Gasteiger partial charge in [0.2, 0.25) is 0 Å². The number of carbonyl (C=O) groups excluding carboxylic acids is 2. The number of aliphatic hydroxyl groups is 2. The molecule has 0 aromatic heterocycles. The molecular formula is C42H79NO5. The molecule has 6 heteroatoms. The Morgan fingerprint density at radius 2 is 0.979 bits per heavy atom. The van der Waals surface area contributed by atoms with Crippen molar-refractivity contribution in [2.75, 3.05) is 6.61 Å². The van der Waals surface area contributed by atoms with E-state index < -0.39 is 36.7 Å². The fourth-order valence-corrected chi connectivity index (χ4v) is 6.21. The molecule has 0 aliphatic rings. The summed E-state index contributed by atoms with van der Waals surface area (Å²) in [6, 6.07) is -0.847. The van der Waals surface area contributed by atoms with Crippen LogP contribution < -0.4 is 5.32 Å². The first-order chi connectivity index (χ1) is 23.5. The van der Waals surface area contributed by atoms with Crippen LogP contribution in [0.2, 0.25) is 0 Å². The van der Waals surface area contributed by atoms with Gasteiger partial charge in [0.05, 0.1) is 18.8 Å². The molecule has 3 N–H and O–H groups in total. The van der Waals surface area contributed by atoms with Gasteiger partial charge in [0.25, 0.3) is 5.91 Å². The topological polar surface area (TPSA) is 95.9 Å². The number of hydrogen-bond acceptors (Lipinski definition) is 5. The van der Waals surface area contributed by atoms with Gasteiger partial charge >= 0.3 is 5.97 Å². The minimum absolute atomic E-state index is 0.401. The molecule has 1 amide bonds. The summed E-state index contributed by atoms with van der Waals surface area (Å²) in [5.74, 6) is -0.962. The van der Waals surface area contributed by atoms with Crippen molar-refractivity contribution in [2.24, 2.45) is 0 Å². The van der Waals surface area contributed by atoms with Gasteiger partial charge in [-0.15, -0.1) is 0 Å². The van der Waals surface area contributed by atoms with Gasteiger partial charge in [-0.3, -0.25) is 9.59 Å². The predicted molar refractivity (Wildman–Crippen MR) is 204 cm³/mol. The Hall–Kier alpha value is -1.66. The minimum atomic E-state index is -1.02. The number of allylic oxidation sites excluding steroid dienone is 3. The lowest BCUT2D eigenvalue weighted by Gasteiger charge is -2.23. The van der Waals surface area contributed by atoms with Crippen LogP contribution in [0.3, 0.4) is 0 Å². The average Bonchev–Trinajstić information content (AvgIpc) is 3.07. The van der Waals surface area contributed by atoms with Gasteiger partial charge < -0.3 is 20.3 Å². The molecule has 0 radical (unpaired) electrons. The lowest BCUT2D eigenvalue weighted by atomic mass is 10.0. The van der Waals surface area contributed by atoms with Crippen molar-refractivity contribution in [1.29, 1.82) is 0 Å². The van der Waals surface area contributed by atoms with E-state index in [4.69, 9.17) is 4.74 Å². The second-order valence-corrected chi connectivity index (χ2v) is 14.1. The molecule has 0 spiro atoms. The van der Waals surface area contributed by atoms with Crippen LogP contribution in [0.5, 0.6) is 0 Å². The van der Waals surface area contributed by atoms with Crippen LogP contribution in [0.1, 0.15) is 207 Å². The highest BCUT2D eigenvalue weighted by atomic mass is 16.5. The van der Waals surface area contributed by atoms with Crippen LogP contribution in [0, 0.1) is 0 Å². The van der Waals surface area contributed by atoms with Crippen molar-refractivity contribution < 1.29 is 24.5 Å². The fraction of sp³-hybridized carbons (Fsp3) is 0.857. The highest BCUT2D eigenvalue weighted by molar-refractivity contribution is 5.83. The summed E-state index contributed by atoms with van der Waals surface area (Å²) in [7, 11) is 0. The fourth-order valence-electron chi connectivity index (χ4n) is 6.21. The van der Waals surface area contributed by atoms with Gasteiger partial charge in [0.15, 0.2) is 6.10 Å². The molecule has 0 unspecified atom stereocenters. The predicted octanol–water partition coefficient (Wildman–Crippen LogP) is 11.2. The Bertz CT molecular complexity index is 767. The Balaban J connectivity index is 4.05. The Morgan fingerprint density at radius 3 is 1.42 bits per heavy atom. The van der Waals surface area contributed by atoms with E-state index in [1.165, 1.54) is 148 Å². The quantitative estimate of drug-likeness (QED) is 0.0348. The Morgan fingerprint density at radius 1 is 0.583 bits per heavy atom. The van der Waals surface area contributed by atoms with Gasteiger partial charge in [0.1, 0.15) is 0 Å².